The minimum atomic E-state index is -2.36. The molecule has 2 aromatic carbocycles. The van der Waals surface area contributed by atoms with Gasteiger partial charge >= 0.3 is 0 Å². The van der Waals surface area contributed by atoms with Crippen molar-refractivity contribution in [1.29, 1.82) is 0 Å². The van der Waals surface area contributed by atoms with Crippen LogP contribution >= 0.6 is 23.4 Å². The molecule has 1 heterocycles. The molecule has 6 nitrogen and oxygen atoms in total. The molecule has 1 atom stereocenters. The molecule has 0 bridgehead atoms. The van der Waals surface area contributed by atoms with Gasteiger partial charge in [-0.1, -0.05) is 42.6 Å². The third-order valence-electron chi connectivity index (χ3n) is 5.94. The van der Waals surface area contributed by atoms with Crippen molar-refractivity contribution in [3.63, 3.8) is 0 Å². The first-order valence-electron chi connectivity index (χ1n) is 11.2. The number of nitrogens with zero attached hydrogens (tertiary/aromatic N) is 1. The number of carbonyl (C=O) groups is 2. The second kappa shape index (κ2) is 11.1. The summed E-state index contributed by atoms with van der Waals surface area (Å²) >= 11 is 6.61. The first kappa shape index (κ1) is 26.9. The van der Waals surface area contributed by atoms with Gasteiger partial charge in [0.1, 0.15) is 16.0 Å². The summed E-state index contributed by atoms with van der Waals surface area (Å²) in [5.74, 6) is -13.0. The Morgan fingerprint density at radius 1 is 0.919 bits per heavy atom. The molecule has 2 aromatic rings. The Hall–Kier alpha value is -3.12. The number of anilines is 1. The molecule has 4 rings (SSSR count). The third kappa shape index (κ3) is 5.59. The fourth-order valence-corrected chi connectivity index (χ4v) is 5.28. The van der Waals surface area contributed by atoms with Crippen molar-refractivity contribution in [2.24, 2.45) is 10.7 Å². The zero-order valence-electron chi connectivity index (χ0n) is 19.0. The smallest absolute Gasteiger partial charge is 0.256 e. The number of amides is 2. The summed E-state index contributed by atoms with van der Waals surface area (Å²) in [6.45, 7) is 0. The van der Waals surface area contributed by atoms with Crippen molar-refractivity contribution >= 4 is 51.6 Å². The van der Waals surface area contributed by atoms with E-state index in [0.29, 0.717) is 22.5 Å². The molecule has 0 spiro atoms. The van der Waals surface area contributed by atoms with E-state index in [9.17, 15) is 31.5 Å². The van der Waals surface area contributed by atoms with Crippen LogP contribution in [-0.2, 0) is 9.59 Å². The molecule has 0 radical (unpaired) electrons. The van der Waals surface area contributed by atoms with Crippen molar-refractivity contribution in [1.82, 2.24) is 5.32 Å². The van der Waals surface area contributed by atoms with Gasteiger partial charge in [-0.25, -0.2) is 26.9 Å². The van der Waals surface area contributed by atoms with Gasteiger partial charge in [0.15, 0.2) is 23.3 Å². The zero-order chi connectivity index (χ0) is 26.9. The van der Waals surface area contributed by atoms with Crippen LogP contribution in [0.4, 0.5) is 33.3 Å². The fourth-order valence-electron chi connectivity index (χ4n) is 4.03. The molecule has 1 saturated carbocycles. The monoisotopic (exact) mass is 558 g/mol. The summed E-state index contributed by atoms with van der Waals surface area (Å²) in [5, 5.41) is 3.65. The number of hydrogen-bond acceptors (Lipinski definition) is 5. The molecular formula is C24H20ClF5N4O2S. The standard InChI is InChI=1S/C24H20ClF5N4O2S/c25-10-6-8-12(9-7-10)33-24-13(22(35)32-11-4-2-1-3-5-11)19(31)21(37-24)23(36)34-20-17(29)15(27)14(26)16(28)18(20)30/h6-9,11,21H,1-5,31H2,(H,32,35)(H,34,36)/t21-/m0/s1. The zero-order valence-corrected chi connectivity index (χ0v) is 20.6. The van der Waals surface area contributed by atoms with Gasteiger partial charge in [-0.3, -0.25) is 9.59 Å². The Kier molecular flexibility index (Phi) is 8.08. The second-order valence-electron chi connectivity index (χ2n) is 8.46. The molecule has 1 aliphatic heterocycles. The molecule has 0 aromatic heterocycles. The maximum atomic E-state index is 14.1. The van der Waals surface area contributed by atoms with Gasteiger partial charge in [0, 0.05) is 16.8 Å². The molecular weight excluding hydrogens is 539 g/mol. The highest BCUT2D eigenvalue weighted by Crippen LogP contribution is 2.37. The van der Waals surface area contributed by atoms with Gasteiger partial charge in [-0.2, -0.15) is 0 Å². The molecule has 2 amide bonds. The van der Waals surface area contributed by atoms with E-state index in [2.05, 4.69) is 10.3 Å². The van der Waals surface area contributed by atoms with Crippen LogP contribution in [0.1, 0.15) is 32.1 Å². The van der Waals surface area contributed by atoms with Gasteiger partial charge in [0.25, 0.3) is 5.91 Å². The highest BCUT2D eigenvalue weighted by atomic mass is 35.5. The Balaban J connectivity index is 1.67. The third-order valence-corrected chi connectivity index (χ3v) is 7.41. The van der Waals surface area contributed by atoms with Crippen LogP contribution in [0.2, 0.25) is 5.02 Å². The highest BCUT2D eigenvalue weighted by molar-refractivity contribution is 8.16. The lowest BCUT2D eigenvalue weighted by molar-refractivity contribution is -0.117. The van der Waals surface area contributed by atoms with Gasteiger partial charge < -0.3 is 16.4 Å². The molecule has 0 saturated heterocycles. The van der Waals surface area contributed by atoms with Crippen LogP contribution in [0.3, 0.4) is 0 Å². The first-order chi connectivity index (χ1) is 17.6. The number of thioether (sulfide) groups is 1. The molecule has 1 aliphatic carbocycles. The maximum Gasteiger partial charge on any atom is 0.256 e. The molecule has 4 N–H and O–H groups in total. The van der Waals surface area contributed by atoms with Gasteiger partial charge in [0.2, 0.25) is 11.7 Å². The van der Waals surface area contributed by atoms with E-state index >= 15 is 0 Å². The number of rotatable bonds is 5. The Bertz CT molecular complexity index is 1280. The van der Waals surface area contributed by atoms with Crippen LogP contribution in [0.15, 0.2) is 40.5 Å². The number of hydrogen-bond donors (Lipinski definition) is 3. The van der Waals surface area contributed by atoms with E-state index in [4.69, 9.17) is 17.3 Å². The largest absolute Gasteiger partial charge is 0.400 e. The van der Waals surface area contributed by atoms with Crippen LogP contribution in [0.25, 0.3) is 0 Å². The van der Waals surface area contributed by atoms with Crippen molar-refractivity contribution in [2.75, 3.05) is 5.32 Å². The van der Waals surface area contributed by atoms with Crippen molar-refractivity contribution in [3.05, 3.63) is 69.6 Å². The van der Waals surface area contributed by atoms with E-state index in [-0.39, 0.29) is 22.4 Å². The van der Waals surface area contributed by atoms with Gasteiger partial charge in [-0.05, 0) is 37.1 Å². The molecule has 13 heteroatoms. The van der Waals surface area contributed by atoms with E-state index in [0.717, 1.165) is 32.1 Å². The van der Waals surface area contributed by atoms with Gasteiger partial charge in [-0.15, -0.1) is 0 Å². The molecule has 1 fully saturated rings. The van der Waals surface area contributed by atoms with E-state index < -0.39 is 51.8 Å². The summed E-state index contributed by atoms with van der Waals surface area (Å²) in [7, 11) is 0. The quantitative estimate of drug-likeness (QED) is 0.257. The minimum absolute atomic E-state index is 0.0469. The van der Waals surface area contributed by atoms with Crippen LogP contribution in [0.5, 0.6) is 0 Å². The van der Waals surface area contributed by atoms with E-state index in [1.54, 1.807) is 29.6 Å². The highest BCUT2D eigenvalue weighted by Gasteiger charge is 2.40. The number of carbonyl (C=O) groups excluding carboxylic acids is 2. The maximum absolute atomic E-state index is 14.1. The molecule has 37 heavy (non-hydrogen) atoms. The summed E-state index contributed by atoms with van der Waals surface area (Å²) in [4.78, 5) is 30.5. The lowest BCUT2D eigenvalue weighted by Crippen LogP contribution is -2.38. The second-order valence-corrected chi connectivity index (χ2v) is 9.99. The summed E-state index contributed by atoms with van der Waals surface area (Å²) in [6, 6.07) is 6.13. The van der Waals surface area contributed by atoms with Crippen LogP contribution in [-0.4, -0.2) is 28.1 Å². The Morgan fingerprint density at radius 3 is 2.08 bits per heavy atom. The summed E-state index contributed by atoms with van der Waals surface area (Å²) in [6.07, 6.45) is 4.45. The van der Waals surface area contributed by atoms with E-state index in [1.165, 1.54) is 0 Å². The average molecular weight is 559 g/mol. The number of nitrogens with one attached hydrogen (secondary N) is 2. The molecule has 196 valence electrons. The van der Waals surface area contributed by atoms with Crippen LogP contribution in [0, 0.1) is 29.1 Å². The lowest BCUT2D eigenvalue weighted by Gasteiger charge is -2.23. The Labute approximate surface area is 217 Å². The normalized spacial score (nSPS) is 19.4. The predicted octanol–water partition coefficient (Wildman–Crippen LogP) is 5.48. The van der Waals surface area contributed by atoms with Crippen molar-refractivity contribution in [2.45, 2.75) is 43.4 Å². The lowest BCUT2D eigenvalue weighted by atomic mass is 9.95. The molecule has 0 unspecified atom stereocenters. The number of aliphatic imine (C=N–C) groups is 1. The SMILES string of the molecule is NC1=C(C(=O)NC2CCCCC2)C(=Nc2ccc(Cl)cc2)S[C@@H]1C(=O)Nc1c(F)c(F)c(F)c(F)c1F. The fraction of sp³-hybridized carbons (Fsp3) is 0.292. The predicted molar refractivity (Wildman–Crippen MR) is 131 cm³/mol. The minimum Gasteiger partial charge on any atom is -0.400 e. The van der Waals surface area contributed by atoms with Gasteiger partial charge in [0.05, 0.1) is 11.3 Å². The number of nitrogens with two attached hydrogens (primary N) is 1. The molecule has 2 aliphatic rings. The number of halogens is 6. The Morgan fingerprint density at radius 2 is 1.49 bits per heavy atom. The summed E-state index contributed by atoms with van der Waals surface area (Å²) < 4.78 is 68.8. The number of benzene rings is 2. The van der Waals surface area contributed by atoms with Crippen molar-refractivity contribution in [3.8, 4) is 0 Å². The summed E-state index contributed by atoms with van der Waals surface area (Å²) in [5.41, 5.74) is 4.63. The first-order valence-corrected chi connectivity index (χ1v) is 12.5. The van der Waals surface area contributed by atoms with Crippen LogP contribution < -0.4 is 16.4 Å². The van der Waals surface area contributed by atoms with Crippen molar-refractivity contribution < 1.29 is 31.5 Å². The van der Waals surface area contributed by atoms with E-state index in [1.807, 2.05) is 0 Å². The average Bonchev–Trinajstić information content (AvgIpc) is 3.21. The topological polar surface area (TPSA) is 96.6 Å².